The molecule has 0 aliphatic carbocycles. The molecule has 0 saturated carbocycles. The standard InChI is InChI=1S/C15H11ClO2/c16-12-5-6-14-11(7-12)8-15(18-14)13-4-2-1-3-10(13)9-17/h1-8,17H,9H2. The molecular formula is C15H11ClO2. The Balaban J connectivity index is 2.19. The van der Waals surface area contributed by atoms with Crippen LogP contribution in [0.15, 0.2) is 52.9 Å². The fraction of sp³-hybridized carbons (Fsp3) is 0.0667. The van der Waals surface area contributed by atoms with Crippen LogP contribution in [0.2, 0.25) is 5.02 Å². The van der Waals surface area contributed by atoms with Crippen molar-refractivity contribution in [2.45, 2.75) is 6.61 Å². The van der Waals surface area contributed by atoms with E-state index >= 15 is 0 Å². The van der Waals surface area contributed by atoms with Crippen molar-refractivity contribution in [3.8, 4) is 11.3 Å². The smallest absolute Gasteiger partial charge is 0.135 e. The van der Waals surface area contributed by atoms with Crippen molar-refractivity contribution in [3.05, 3.63) is 59.1 Å². The van der Waals surface area contributed by atoms with E-state index in [4.69, 9.17) is 16.0 Å². The molecule has 0 radical (unpaired) electrons. The lowest BCUT2D eigenvalue weighted by Gasteiger charge is -2.02. The summed E-state index contributed by atoms with van der Waals surface area (Å²) in [6.07, 6.45) is 0. The predicted molar refractivity (Wildman–Crippen MR) is 72.6 cm³/mol. The summed E-state index contributed by atoms with van der Waals surface area (Å²) in [7, 11) is 0. The molecule has 3 heteroatoms. The van der Waals surface area contributed by atoms with E-state index < -0.39 is 0 Å². The zero-order valence-corrected chi connectivity index (χ0v) is 10.3. The number of aliphatic hydroxyl groups is 1. The van der Waals surface area contributed by atoms with Crippen LogP contribution in [0, 0.1) is 0 Å². The van der Waals surface area contributed by atoms with Crippen LogP contribution in [0.3, 0.4) is 0 Å². The maximum atomic E-state index is 9.34. The normalized spacial score (nSPS) is 11.0. The highest BCUT2D eigenvalue weighted by atomic mass is 35.5. The summed E-state index contributed by atoms with van der Waals surface area (Å²) >= 11 is 5.95. The van der Waals surface area contributed by atoms with Crippen LogP contribution >= 0.6 is 11.6 Å². The Labute approximate surface area is 109 Å². The van der Waals surface area contributed by atoms with E-state index in [0.717, 1.165) is 27.9 Å². The Morgan fingerprint density at radius 1 is 1.06 bits per heavy atom. The third-order valence-corrected chi connectivity index (χ3v) is 3.17. The second-order valence-corrected chi connectivity index (χ2v) is 4.54. The van der Waals surface area contributed by atoms with Gasteiger partial charge in [-0.15, -0.1) is 0 Å². The summed E-state index contributed by atoms with van der Waals surface area (Å²) in [5.41, 5.74) is 2.55. The lowest BCUT2D eigenvalue weighted by atomic mass is 10.1. The number of rotatable bonds is 2. The summed E-state index contributed by atoms with van der Waals surface area (Å²) in [5.74, 6) is 0.747. The number of fused-ring (bicyclic) bond motifs is 1. The molecule has 0 atom stereocenters. The van der Waals surface area contributed by atoms with Gasteiger partial charge in [0.2, 0.25) is 0 Å². The van der Waals surface area contributed by atoms with Crippen LogP contribution in [-0.4, -0.2) is 5.11 Å². The van der Waals surface area contributed by atoms with Gasteiger partial charge in [0, 0.05) is 16.0 Å². The Morgan fingerprint density at radius 3 is 2.72 bits per heavy atom. The first-order chi connectivity index (χ1) is 8.78. The van der Waals surface area contributed by atoms with Gasteiger partial charge in [0.05, 0.1) is 6.61 Å². The first kappa shape index (κ1) is 11.3. The van der Waals surface area contributed by atoms with Crippen LogP contribution in [-0.2, 0) is 6.61 Å². The maximum absolute atomic E-state index is 9.34. The monoisotopic (exact) mass is 258 g/mol. The van der Waals surface area contributed by atoms with Gasteiger partial charge in [-0.25, -0.2) is 0 Å². The van der Waals surface area contributed by atoms with E-state index in [2.05, 4.69) is 0 Å². The van der Waals surface area contributed by atoms with E-state index in [9.17, 15) is 5.11 Å². The van der Waals surface area contributed by atoms with Gasteiger partial charge in [-0.2, -0.15) is 0 Å². The zero-order valence-electron chi connectivity index (χ0n) is 9.56. The van der Waals surface area contributed by atoms with Crippen molar-refractivity contribution >= 4 is 22.6 Å². The average molecular weight is 259 g/mol. The predicted octanol–water partition coefficient (Wildman–Crippen LogP) is 4.25. The number of hydrogen-bond acceptors (Lipinski definition) is 2. The van der Waals surface area contributed by atoms with Gasteiger partial charge in [-0.05, 0) is 29.8 Å². The van der Waals surface area contributed by atoms with Gasteiger partial charge in [-0.1, -0.05) is 35.9 Å². The molecule has 0 amide bonds. The van der Waals surface area contributed by atoms with E-state index in [-0.39, 0.29) is 6.61 Å². The van der Waals surface area contributed by atoms with E-state index in [1.165, 1.54) is 0 Å². The molecule has 2 aromatic carbocycles. The highest BCUT2D eigenvalue weighted by Crippen LogP contribution is 2.31. The minimum Gasteiger partial charge on any atom is -0.456 e. The topological polar surface area (TPSA) is 33.4 Å². The minimum atomic E-state index is -0.00598. The van der Waals surface area contributed by atoms with Gasteiger partial charge in [0.25, 0.3) is 0 Å². The summed E-state index contributed by atoms with van der Waals surface area (Å²) in [4.78, 5) is 0. The SMILES string of the molecule is OCc1ccccc1-c1cc2cc(Cl)ccc2o1. The summed E-state index contributed by atoms with van der Waals surface area (Å²) < 4.78 is 5.78. The van der Waals surface area contributed by atoms with Gasteiger partial charge in [0.1, 0.15) is 11.3 Å². The van der Waals surface area contributed by atoms with Gasteiger partial charge in [0.15, 0.2) is 0 Å². The van der Waals surface area contributed by atoms with Crippen LogP contribution < -0.4 is 0 Å². The fourth-order valence-corrected chi connectivity index (χ4v) is 2.23. The van der Waals surface area contributed by atoms with Gasteiger partial charge >= 0.3 is 0 Å². The fourth-order valence-electron chi connectivity index (χ4n) is 2.05. The molecule has 0 saturated heterocycles. The van der Waals surface area contributed by atoms with Gasteiger partial charge in [-0.3, -0.25) is 0 Å². The summed E-state index contributed by atoms with van der Waals surface area (Å²) in [5, 5.41) is 11.0. The molecule has 2 nitrogen and oxygen atoms in total. The number of hydrogen-bond donors (Lipinski definition) is 1. The molecule has 3 rings (SSSR count). The van der Waals surface area contributed by atoms with Crippen LogP contribution in [0.1, 0.15) is 5.56 Å². The van der Waals surface area contributed by atoms with Crippen molar-refractivity contribution in [1.82, 2.24) is 0 Å². The molecule has 0 spiro atoms. The maximum Gasteiger partial charge on any atom is 0.135 e. The van der Waals surface area contributed by atoms with Gasteiger partial charge < -0.3 is 9.52 Å². The number of benzene rings is 2. The van der Waals surface area contributed by atoms with Crippen LogP contribution in [0.25, 0.3) is 22.3 Å². The molecule has 3 aromatic rings. The average Bonchev–Trinajstić information content (AvgIpc) is 2.81. The van der Waals surface area contributed by atoms with Crippen LogP contribution in [0.4, 0.5) is 0 Å². The number of halogens is 1. The molecule has 18 heavy (non-hydrogen) atoms. The lowest BCUT2D eigenvalue weighted by Crippen LogP contribution is -1.86. The molecule has 1 aromatic heterocycles. The summed E-state index contributed by atoms with van der Waals surface area (Å²) in [6.45, 7) is -0.00598. The molecule has 1 N–H and O–H groups in total. The molecule has 90 valence electrons. The quantitative estimate of drug-likeness (QED) is 0.746. The molecule has 0 fully saturated rings. The molecule has 1 heterocycles. The number of aliphatic hydroxyl groups excluding tert-OH is 1. The zero-order chi connectivity index (χ0) is 12.5. The Bertz CT molecular complexity index is 701. The Hall–Kier alpha value is -1.77. The molecule has 0 bridgehead atoms. The third-order valence-electron chi connectivity index (χ3n) is 2.93. The second kappa shape index (κ2) is 4.48. The minimum absolute atomic E-state index is 0.00598. The first-order valence-electron chi connectivity index (χ1n) is 5.66. The molecule has 0 aliphatic rings. The van der Waals surface area contributed by atoms with E-state index in [0.29, 0.717) is 5.02 Å². The molecule has 0 aliphatic heterocycles. The third kappa shape index (κ3) is 1.90. The summed E-state index contributed by atoms with van der Waals surface area (Å²) in [6, 6.07) is 15.1. The van der Waals surface area contributed by atoms with Crippen molar-refractivity contribution in [3.63, 3.8) is 0 Å². The van der Waals surface area contributed by atoms with Crippen LogP contribution in [0.5, 0.6) is 0 Å². The van der Waals surface area contributed by atoms with Crippen molar-refractivity contribution < 1.29 is 9.52 Å². The molecular weight excluding hydrogens is 248 g/mol. The van der Waals surface area contributed by atoms with Crippen molar-refractivity contribution in [2.75, 3.05) is 0 Å². The Morgan fingerprint density at radius 2 is 1.89 bits per heavy atom. The van der Waals surface area contributed by atoms with Crippen molar-refractivity contribution in [1.29, 1.82) is 0 Å². The highest BCUT2D eigenvalue weighted by Gasteiger charge is 2.09. The first-order valence-corrected chi connectivity index (χ1v) is 6.04. The number of furan rings is 1. The second-order valence-electron chi connectivity index (χ2n) is 4.11. The van der Waals surface area contributed by atoms with E-state index in [1.54, 1.807) is 6.07 Å². The largest absolute Gasteiger partial charge is 0.456 e. The highest BCUT2D eigenvalue weighted by molar-refractivity contribution is 6.31. The Kier molecular flexibility index (Phi) is 2.82. The molecule has 0 unspecified atom stereocenters. The van der Waals surface area contributed by atoms with Crippen molar-refractivity contribution in [2.24, 2.45) is 0 Å². The van der Waals surface area contributed by atoms with E-state index in [1.807, 2.05) is 42.5 Å². The lowest BCUT2D eigenvalue weighted by molar-refractivity contribution is 0.282.